The third-order valence-corrected chi connectivity index (χ3v) is 3.21. The maximum absolute atomic E-state index is 3.33. The second-order valence-electron chi connectivity index (χ2n) is 3.03. The van der Waals surface area contributed by atoms with Crippen molar-refractivity contribution in [2.45, 2.75) is 39.2 Å². The van der Waals surface area contributed by atoms with E-state index in [4.69, 9.17) is 0 Å². The zero-order chi connectivity index (χ0) is 9.94. The van der Waals surface area contributed by atoms with Crippen LogP contribution in [0, 0.1) is 11.8 Å². The molecule has 1 atom stereocenters. The highest BCUT2D eigenvalue weighted by Gasteiger charge is 2.03. The van der Waals surface area contributed by atoms with E-state index in [0.717, 1.165) is 6.42 Å². The van der Waals surface area contributed by atoms with Crippen molar-refractivity contribution in [3.63, 3.8) is 0 Å². The number of nitrogens with one attached hydrogen (secondary N) is 1. The van der Waals surface area contributed by atoms with Crippen molar-refractivity contribution in [3.8, 4) is 11.8 Å². The van der Waals surface area contributed by atoms with Crippen LogP contribution in [0.15, 0.2) is 0 Å². The summed E-state index contributed by atoms with van der Waals surface area (Å²) < 4.78 is 0. The topological polar surface area (TPSA) is 12.0 Å². The van der Waals surface area contributed by atoms with E-state index < -0.39 is 0 Å². The molecule has 1 nitrogen and oxygen atoms in total. The maximum Gasteiger partial charge on any atom is 0.0164 e. The van der Waals surface area contributed by atoms with Crippen molar-refractivity contribution in [2.75, 3.05) is 18.6 Å². The number of hydrogen-bond acceptors (Lipinski definition) is 2. The molecule has 1 unspecified atom stereocenters. The molecule has 0 rings (SSSR count). The molecule has 2 heteroatoms. The molecule has 76 valence electrons. The van der Waals surface area contributed by atoms with Crippen LogP contribution in [0.3, 0.4) is 0 Å². The first-order valence-corrected chi connectivity index (χ1v) is 6.15. The molecule has 0 aromatic rings. The van der Waals surface area contributed by atoms with E-state index in [0.29, 0.717) is 6.04 Å². The lowest BCUT2D eigenvalue weighted by molar-refractivity contribution is 0.582. The summed E-state index contributed by atoms with van der Waals surface area (Å²) in [5.74, 6) is 8.53. The molecule has 0 aliphatic rings. The standard InChI is InChI=1S/C11H21NS/c1-4-6-7-8-11(12-3)10-13-9-5-2/h11-12H,5,7-10H2,1-3H3. The van der Waals surface area contributed by atoms with E-state index in [1.807, 2.05) is 25.7 Å². The third-order valence-electron chi connectivity index (χ3n) is 1.87. The molecule has 1 N–H and O–H groups in total. The molecule has 0 saturated heterocycles. The average molecular weight is 199 g/mol. The Morgan fingerprint density at radius 2 is 2.23 bits per heavy atom. The smallest absolute Gasteiger partial charge is 0.0164 e. The predicted octanol–water partition coefficient (Wildman–Crippen LogP) is 2.52. The van der Waals surface area contributed by atoms with E-state index in [1.165, 1.54) is 24.3 Å². The van der Waals surface area contributed by atoms with Crippen LogP contribution in [0.4, 0.5) is 0 Å². The Balaban J connectivity index is 3.43. The Bertz CT molecular complexity index is 157. The lowest BCUT2D eigenvalue weighted by Gasteiger charge is -2.13. The molecule has 0 bridgehead atoms. The van der Waals surface area contributed by atoms with Gasteiger partial charge in [-0.2, -0.15) is 11.8 Å². The fourth-order valence-electron chi connectivity index (χ4n) is 1.05. The molecular weight excluding hydrogens is 178 g/mol. The highest BCUT2D eigenvalue weighted by Crippen LogP contribution is 2.07. The fraction of sp³-hybridized carbons (Fsp3) is 0.818. The zero-order valence-corrected chi connectivity index (χ0v) is 9.84. The van der Waals surface area contributed by atoms with Gasteiger partial charge in [0, 0.05) is 18.2 Å². The van der Waals surface area contributed by atoms with Crippen molar-refractivity contribution in [2.24, 2.45) is 0 Å². The Morgan fingerprint density at radius 3 is 2.77 bits per heavy atom. The monoisotopic (exact) mass is 199 g/mol. The van der Waals surface area contributed by atoms with Crippen LogP contribution in [0.1, 0.15) is 33.1 Å². The second kappa shape index (κ2) is 9.95. The van der Waals surface area contributed by atoms with Crippen LogP contribution >= 0.6 is 11.8 Å². The van der Waals surface area contributed by atoms with Crippen LogP contribution in [0.25, 0.3) is 0 Å². The van der Waals surface area contributed by atoms with Gasteiger partial charge in [-0.3, -0.25) is 0 Å². The molecule has 0 heterocycles. The van der Waals surface area contributed by atoms with Crippen LogP contribution in [0.2, 0.25) is 0 Å². The Labute approximate surface area is 87.1 Å². The molecule has 0 radical (unpaired) electrons. The van der Waals surface area contributed by atoms with Crippen molar-refractivity contribution in [3.05, 3.63) is 0 Å². The van der Waals surface area contributed by atoms with E-state index in [-0.39, 0.29) is 0 Å². The molecular formula is C11H21NS. The highest BCUT2D eigenvalue weighted by atomic mass is 32.2. The van der Waals surface area contributed by atoms with Gasteiger partial charge in [0.25, 0.3) is 0 Å². The predicted molar refractivity (Wildman–Crippen MR) is 63.1 cm³/mol. The molecule has 13 heavy (non-hydrogen) atoms. The minimum absolute atomic E-state index is 0.636. The Hall–Kier alpha value is -0.130. The van der Waals surface area contributed by atoms with E-state index in [2.05, 4.69) is 24.1 Å². The molecule has 0 amide bonds. The van der Waals surface area contributed by atoms with Gasteiger partial charge in [-0.05, 0) is 32.6 Å². The largest absolute Gasteiger partial charge is 0.316 e. The summed E-state index contributed by atoms with van der Waals surface area (Å²) >= 11 is 2.03. The zero-order valence-electron chi connectivity index (χ0n) is 9.02. The van der Waals surface area contributed by atoms with Crippen molar-refractivity contribution >= 4 is 11.8 Å². The first-order chi connectivity index (χ1) is 6.35. The van der Waals surface area contributed by atoms with E-state index in [9.17, 15) is 0 Å². The van der Waals surface area contributed by atoms with Crippen molar-refractivity contribution in [1.29, 1.82) is 0 Å². The first-order valence-electron chi connectivity index (χ1n) is 4.99. The SMILES string of the molecule is CC#CCCC(CSCCC)NC. The van der Waals surface area contributed by atoms with Crippen molar-refractivity contribution in [1.82, 2.24) is 5.32 Å². The number of rotatable bonds is 7. The van der Waals surface area contributed by atoms with Gasteiger partial charge in [0.2, 0.25) is 0 Å². The minimum atomic E-state index is 0.636. The summed E-state index contributed by atoms with van der Waals surface area (Å²) in [7, 11) is 2.04. The van der Waals surface area contributed by atoms with E-state index in [1.54, 1.807) is 0 Å². The average Bonchev–Trinajstić information content (AvgIpc) is 2.16. The summed E-state index contributed by atoms with van der Waals surface area (Å²) in [6.45, 7) is 4.13. The molecule has 0 aromatic heterocycles. The normalized spacial score (nSPS) is 11.9. The van der Waals surface area contributed by atoms with Gasteiger partial charge in [-0.25, -0.2) is 0 Å². The first kappa shape index (κ1) is 12.9. The molecule has 0 aromatic carbocycles. The quantitative estimate of drug-likeness (QED) is 0.499. The third kappa shape index (κ3) is 8.21. The van der Waals surface area contributed by atoms with Gasteiger partial charge in [-0.1, -0.05) is 6.92 Å². The summed E-state index contributed by atoms with van der Waals surface area (Å²) in [4.78, 5) is 0. The van der Waals surface area contributed by atoms with Gasteiger partial charge >= 0.3 is 0 Å². The van der Waals surface area contributed by atoms with Gasteiger partial charge < -0.3 is 5.32 Å². The lowest BCUT2D eigenvalue weighted by atomic mass is 10.2. The summed E-state index contributed by atoms with van der Waals surface area (Å²) in [5.41, 5.74) is 0. The highest BCUT2D eigenvalue weighted by molar-refractivity contribution is 7.99. The van der Waals surface area contributed by atoms with Gasteiger partial charge in [0.05, 0.1) is 0 Å². The molecule has 0 fully saturated rings. The fourth-order valence-corrected chi connectivity index (χ4v) is 2.13. The summed E-state index contributed by atoms with van der Waals surface area (Å²) in [6.07, 6.45) is 3.47. The molecule has 0 spiro atoms. The lowest BCUT2D eigenvalue weighted by Crippen LogP contribution is -2.27. The Kier molecular flexibility index (Phi) is 9.85. The molecule has 0 aliphatic heterocycles. The summed E-state index contributed by atoms with van der Waals surface area (Å²) in [6, 6.07) is 0.636. The minimum Gasteiger partial charge on any atom is -0.316 e. The summed E-state index contributed by atoms with van der Waals surface area (Å²) in [5, 5.41) is 3.33. The van der Waals surface area contributed by atoms with Gasteiger partial charge in [0.15, 0.2) is 0 Å². The van der Waals surface area contributed by atoms with Crippen LogP contribution in [0.5, 0.6) is 0 Å². The van der Waals surface area contributed by atoms with E-state index >= 15 is 0 Å². The van der Waals surface area contributed by atoms with Crippen molar-refractivity contribution < 1.29 is 0 Å². The maximum atomic E-state index is 3.33. The molecule has 0 saturated carbocycles. The van der Waals surface area contributed by atoms with Gasteiger partial charge in [-0.15, -0.1) is 11.8 Å². The molecule has 0 aliphatic carbocycles. The van der Waals surface area contributed by atoms with Crippen LogP contribution in [-0.2, 0) is 0 Å². The van der Waals surface area contributed by atoms with Crippen LogP contribution < -0.4 is 5.32 Å². The van der Waals surface area contributed by atoms with Gasteiger partial charge in [0.1, 0.15) is 0 Å². The second-order valence-corrected chi connectivity index (χ2v) is 4.18. The van der Waals surface area contributed by atoms with Crippen LogP contribution in [-0.4, -0.2) is 24.6 Å². The number of thioether (sulfide) groups is 1. The Morgan fingerprint density at radius 1 is 1.46 bits per heavy atom. The number of hydrogen-bond donors (Lipinski definition) is 1.